The summed E-state index contributed by atoms with van der Waals surface area (Å²) in [5, 5.41) is 11.3. The van der Waals surface area contributed by atoms with E-state index in [9.17, 15) is 4.79 Å². The molecule has 0 radical (unpaired) electrons. The van der Waals surface area contributed by atoms with Crippen molar-refractivity contribution >= 4 is 5.91 Å². The van der Waals surface area contributed by atoms with Crippen LogP contribution in [0.1, 0.15) is 87.9 Å². The molecule has 0 spiro atoms. The highest BCUT2D eigenvalue weighted by atomic mass is 16.5. The lowest BCUT2D eigenvalue weighted by atomic mass is 9.85. The summed E-state index contributed by atoms with van der Waals surface area (Å²) in [7, 11) is 0. The van der Waals surface area contributed by atoms with Gasteiger partial charge in [-0.2, -0.15) is 4.98 Å². The van der Waals surface area contributed by atoms with E-state index < -0.39 is 6.04 Å². The van der Waals surface area contributed by atoms with Gasteiger partial charge in [0, 0.05) is 35.9 Å². The summed E-state index contributed by atoms with van der Waals surface area (Å²) in [6.45, 7) is 4.88. The molecule has 1 unspecified atom stereocenters. The molecule has 0 saturated heterocycles. The van der Waals surface area contributed by atoms with Crippen LogP contribution in [0.4, 0.5) is 0 Å². The molecule has 7 heteroatoms. The van der Waals surface area contributed by atoms with E-state index in [4.69, 9.17) is 15.2 Å². The van der Waals surface area contributed by atoms with Crippen LogP contribution in [0.3, 0.4) is 0 Å². The van der Waals surface area contributed by atoms with E-state index in [0.717, 1.165) is 56.8 Å². The Morgan fingerprint density at radius 2 is 1.91 bits per heavy atom. The molecule has 3 atom stereocenters. The highest BCUT2D eigenvalue weighted by Gasteiger charge is 2.50. The van der Waals surface area contributed by atoms with Crippen LogP contribution in [0.2, 0.25) is 0 Å². The van der Waals surface area contributed by atoms with Gasteiger partial charge in [0.15, 0.2) is 5.82 Å². The minimum absolute atomic E-state index is 0.0399. The zero-order valence-corrected chi connectivity index (χ0v) is 19.8. The maximum Gasteiger partial charge on any atom is 0.237 e. The first-order valence-corrected chi connectivity index (χ1v) is 12.6. The average Bonchev–Trinajstić information content (AvgIpc) is 3.74. The first kappa shape index (κ1) is 22.5. The quantitative estimate of drug-likeness (QED) is 0.540. The predicted octanol–water partition coefficient (Wildman–Crippen LogP) is 3.37. The van der Waals surface area contributed by atoms with E-state index in [-0.39, 0.29) is 29.2 Å². The van der Waals surface area contributed by atoms with E-state index in [2.05, 4.69) is 46.1 Å². The number of hydrogen-bond donors (Lipinski definition) is 3. The minimum atomic E-state index is -0.442. The fraction of sp³-hybridized carbons (Fsp3) is 0.654. The van der Waals surface area contributed by atoms with Gasteiger partial charge in [-0.1, -0.05) is 49.3 Å². The summed E-state index contributed by atoms with van der Waals surface area (Å²) in [5.41, 5.74) is 7.45. The van der Waals surface area contributed by atoms with Crippen LogP contribution in [-0.4, -0.2) is 40.7 Å². The lowest BCUT2D eigenvalue weighted by Crippen LogP contribution is -2.48. The van der Waals surface area contributed by atoms with Crippen LogP contribution in [0.15, 0.2) is 34.9 Å². The molecule has 1 heterocycles. The third kappa shape index (κ3) is 4.99. The molecule has 1 aromatic carbocycles. The molecule has 3 aliphatic rings. The van der Waals surface area contributed by atoms with Crippen molar-refractivity contribution in [2.45, 2.75) is 94.2 Å². The van der Waals surface area contributed by atoms with E-state index in [1.54, 1.807) is 0 Å². The Morgan fingerprint density at radius 1 is 1.18 bits per heavy atom. The lowest BCUT2D eigenvalue weighted by Gasteiger charge is -2.28. The standard InChI is InChI=1S/C26H37N5O2/c1-16(2)22(27)23(32)29-19-10-8-18(9-11-19)24-30-25(31-33-24)26(12-13-26)15-28-21-14-20(21)17-6-4-3-5-7-17/h3-7,16,18-22,28H,8-15,27H2,1-2H3,(H,29,32)/t18-,19-,20-,21+,22?/m0/s1. The van der Waals surface area contributed by atoms with Crippen molar-refractivity contribution in [3.05, 3.63) is 47.6 Å². The SMILES string of the molecule is CC(C)C(N)C(=O)N[C@H]1CC[C@H](c2nc(C3(CN[C@@H]4C[C@H]4c4ccccc4)CC3)no2)CC1. The number of hydrogen-bond acceptors (Lipinski definition) is 6. The summed E-state index contributed by atoms with van der Waals surface area (Å²) < 4.78 is 5.73. The van der Waals surface area contributed by atoms with E-state index >= 15 is 0 Å². The summed E-state index contributed by atoms with van der Waals surface area (Å²) in [6, 6.07) is 11.1. The van der Waals surface area contributed by atoms with Crippen molar-refractivity contribution in [1.82, 2.24) is 20.8 Å². The maximum atomic E-state index is 12.3. The second kappa shape index (κ2) is 9.18. The van der Waals surface area contributed by atoms with Crippen LogP contribution in [0.25, 0.3) is 0 Å². The van der Waals surface area contributed by atoms with Crippen LogP contribution in [-0.2, 0) is 10.2 Å². The smallest absolute Gasteiger partial charge is 0.237 e. The van der Waals surface area contributed by atoms with Crippen molar-refractivity contribution < 1.29 is 9.32 Å². The molecule has 0 bridgehead atoms. The van der Waals surface area contributed by atoms with Crippen molar-refractivity contribution in [2.75, 3.05) is 6.54 Å². The number of carbonyl (C=O) groups excluding carboxylic acids is 1. The number of nitrogens with two attached hydrogens (primary N) is 1. The van der Waals surface area contributed by atoms with Gasteiger partial charge in [-0.05, 0) is 56.4 Å². The van der Waals surface area contributed by atoms with Gasteiger partial charge in [0.25, 0.3) is 0 Å². The van der Waals surface area contributed by atoms with Gasteiger partial charge in [0.05, 0.1) is 6.04 Å². The van der Waals surface area contributed by atoms with Gasteiger partial charge in [0.1, 0.15) is 0 Å². The molecular weight excluding hydrogens is 414 g/mol. The molecule has 33 heavy (non-hydrogen) atoms. The first-order valence-electron chi connectivity index (χ1n) is 12.6. The van der Waals surface area contributed by atoms with Gasteiger partial charge >= 0.3 is 0 Å². The van der Waals surface area contributed by atoms with Gasteiger partial charge < -0.3 is 20.9 Å². The Morgan fingerprint density at radius 3 is 2.58 bits per heavy atom. The number of nitrogens with one attached hydrogen (secondary N) is 2. The average molecular weight is 452 g/mol. The predicted molar refractivity (Wildman–Crippen MR) is 127 cm³/mol. The molecule has 5 rings (SSSR count). The topological polar surface area (TPSA) is 106 Å². The van der Waals surface area contributed by atoms with Gasteiger partial charge in [-0.15, -0.1) is 0 Å². The molecule has 3 fully saturated rings. The monoisotopic (exact) mass is 451 g/mol. The Balaban J connectivity index is 1.10. The first-order chi connectivity index (χ1) is 15.9. The molecule has 178 valence electrons. The summed E-state index contributed by atoms with van der Waals surface area (Å²) in [6.07, 6.45) is 7.21. The summed E-state index contributed by atoms with van der Waals surface area (Å²) in [5.74, 6) is 2.67. The highest BCUT2D eigenvalue weighted by Crippen LogP contribution is 2.48. The maximum absolute atomic E-state index is 12.3. The third-order valence-electron chi connectivity index (χ3n) is 7.93. The second-order valence-electron chi connectivity index (χ2n) is 10.8. The number of benzene rings is 1. The number of carbonyl (C=O) groups is 1. The molecule has 1 aromatic heterocycles. The Labute approximate surface area is 196 Å². The van der Waals surface area contributed by atoms with Gasteiger partial charge in [-0.25, -0.2) is 0 Å². The number of amides is 1. The molecule has 0 aliphatic heterocycles. The van der Waals surface area contributed by atoms with Crippen LogP contribution in [0.5, 0.6) is 0 Å². The molecule has 3 aliphatic carbocycles. The van der Waals surface area contributed by atoms with E-state index in [1.807, 2.05) is 13.8 Å². The number of aromatic nitrogens is 2. The fourth-order valence-electron chi connectivity index (χ4n) is 5.15. The zero-order valence-electron chi connectivity index (χ0n) is 19.8. The van der Waals surface area contributed by atoms with Crippen molar-refractivity contribution in [3.8, 4) is 0 Å². The third-order valence-corrected chi connectivity index (χ3v) is 7.93. The second-order valence-corrected chi connectivity index (χ2v) is 10.8. The molecule has 3 saturated carbocycles. The van der Waals surface area contributed by atoms with Gasteiger partial charge in [-0.3, -0.25) is 4.79 Å². The van der Waals surface area contributed by atoms with Crippen LogP contribution < -0.4 is 16.4 Å². The van der Waals surface area contributed by atoms with E-state index in [0.29, 0.717) is 12.0 Å². The van der Waals surface area contributed by atoms with Crippen LogP contribution >= 0.6 is 0 Å². The van der Waals surface area contributed by atoms with Gasteiger partial charge in [0.2, 0.25) is 11.8 Å². The lowest BCUT2D eigenvalue weighted by molar-refractivity contribution is -0.124. The summed E-state index contributed by atoms with van der Waals surface area (Å²) >= 11 is 0. The Kier molecular flexibility index (Phi) is 6.27. The molecule has 4 N–H and O–H groups in total. The molecule has 7 nitrogen and oxygen atoms in total. The highest BCUT2D eigenvalue weighted by molar-refractivity contribution is 5.82. The van der Waals surface area contributed by atoms with E-state index in [1.165, 1.54) is 12.0 Å². The molecular formula is C26H37N5O2. The van der Waals surface area contributed by atoms with Crippen molar-refractivity contribution in [2.24, 2.45) is 11.7 Å². The number of nitrogens with zero attached hydrogens (tertiary/aromatic N) is 2. The largest absolute Gasteiger partial charge is 0.352 e. The molecule has 1 amide bonds. The zero-order chi connectivity index (χ0) is 23.0. The Hall–Kier alpha value is -2.25. The minimum Gasteiger partial charge on any atom is -0.352 e. The molecule has 2 aromatic rings. The van der Waals surface area contributed by atoms with Crippen LogP contribution in [0, 0.1) is 5.92 Å². The fourth-order valence-corrected chi connectivity index (χ4v) is 5.15. The number of rotatable bonds is 9. The Bertz CT molecular complexity index is 947. The van der Waals surface area contributed by atoms with Crippen molar-refractivity contribution in [3.63, 3.8) is 0 Å². The normalized spacial score (nSPS) is 29.0. The summed E-state index contributed by atoms with van der Waals surface area (Å²) in [4.78, 5) is 17.1. The van der Waals surface area contributed by atoms with Crippen molar-refractivity contribution in [1.29, 1.82) is 0 Å².